The van der Waals surface area contributed by atoms with Gasteiger partial charge >= 0.3 is 0 Å². The zero-order valence-electron chi connectivity index (χ0n) is 8.13. The Hall–Kier alpha value is -0.0800. The largest absolute Gasteiger partial charge is 0.377 e. The predicted octanol–water partition coefficient (Wildman–Crippen LogP) is 1.78. The van der Waals surface area contributed by atoms with E-state index in [1.165, 1.54) is 0 Å². The Kier molecular flexibility index (Phi) is 5.51. The molecule has 2 heteroatoms. The van der Waals surface area contributed by atoms with Gasteiger partial charge in [-0.2, -0.15) is 0 Å². The first-order chi connectivity index (χ1) is 5.07. The quantitative estimate of drug-likeness (QED) is 0.663. The smallest absolute Gasteiger partial charge is 0.0623 e. The Morgan fingerprint density at radius 1 is 1.27 bits per heavy atom. The fraction of sp³-hybridized carbons (Fsp3) is 1.00. The molecule has 0 aromatic rings. The first kappa shape index (κ1) is 10.9. The van der Waals surface area contributed by atoms with Gasteiger partial charge in [-0.1, -0.05) is 20.3 Å². The normalized spacial score (nSPS) is 16.9. The van der Waals surface area contributed by atoms with Crippen molar-refractivity contribution in [1.29, 1.82) is 0 Å². The molecule has 0 aromatic heterocycles. The van der Waals surface area contributed by atoms with Crippen molar-refractivity contribution < 1.29 is 4.74 Å². The van der Waals surface area contributed by atoms with Gasteiger partial charge < -0.3 is 10.5 Å². The standard InChI is InChI=1S/C9H21NO/c1-5-8(4)9(10)6-11-7(2)3/h7-9H,5-6,10H2,1-4H3/t8?,9-/m1/s1. The molecule has 0 saturated carbocycles. The average molecular weight is 159 g/mol. The average Bonchev–Trinajstić information content (AvgIpc) is 1.98. The number of hydrogen-bond acceptors (Lipinski definition) is 2. The van der Waals surface area contributed by atoms with Crippen LogP contribution < -0.4 is 5.73 Å². The van der Waals surface area contributed by atoms with Crippen molar-refractivity contribution in [3.8, 4) is 0 Å². The molecule has 0 bridgehead atoms. The molecule has 11 heavy (non-hydrogen) atoms. The Bertz CT molecular complexity index is 93.6. The van der Waals surface area contributed by atoms with Crippen molar-refractivity contribution in [2.75, 3.05) is 6.61 Å². The molecule has 0 aromatic carbocycles. The molecule has 0 fully saturated rings. The second kappa shape index (κ2) is 5.56. The molecule has 0 aliphatic heterocycles. The highest BCUT2D eigenvalue weighted by atomic mass is 16.5. The Morgan fingerprint density at radius 2 is 1.82 bits per heavy atom. The number of nitrogens with two attached hydrogens (primary N) is 1. The van der Waals surface area contributed by atoms with E-state index in [9.17, 15) is 0 Å². The van der Waals surface area contributed by atoms with E-state index in [-0.39, 0.29) is 6.04 Å². The third-order valence-electron chi connectivity index (χ3n) is 2.00. The van der Waals surface area contributed by atoms with Gasteiger partial charge in [0, 0.05) is 6.04 Å². The van der Waals surface area contributed by atoms with Crippen molar-refractivity contribution in [2.24, 2.45) is 11.7 Å². The summed E-state index contributed by atoms with van der Waals surface area (Å²) in [5, 5.41) is 0. The van der Waals surface area contributed by atoms with E-state index in [2.05, 4.69) is 13.8 Å². The Morgan fingerprint density at radius 3 is 2.18 bits per heavy atom. The minimum atomic E-state index is 0.197. The van der Waals surface area contributed by atoms with Crippen molar-refractivity contribution >= 4 is 0 Å². The number of hydrogen-bond donors (Lipinski definition) is 1. The van der Waals surface area contributed by atoms with E-state index in [0.29, 0.717) is 18.6 Å². The molecule has 1 unspecified atom stereocenters. The van der Waals surface area contributed by atoms with Gasteiger partial charge in [0.25, 0.3) is 0 Å². The lowest BCUT2D eigenvalue weighted by atomic mass is 10.0. The van der Waals surface area contributed by atoms with Gasteiger partial charge in [0.15, 0.2) is 0 Å². The zero-order valence-corrected chi connectivity index (χ0v) is 8.13. The van der Waals surface area contributed by atoms with E-state index >= 15 is 0 Å². The van der Waals surface area contributed by atoms with Crippen LogP contribution in [-0.2, 0) is 4.74 Å². The molecule has 0 radical (unpaired) electrons. The van der Waals surface area contributed by atoms with E-state index in [1.54, 1.807) is 0 Å². The number of ether oxygens (including phenoxy) is 1. The second-order valence-electron chi connectivity index (χ2n) is 3.43. The molecule has 0 aliphatic rings. The lowest BCUT2D eigenvalue weighted by Gasteiger charge is -2.19. The van der Waals surface area contributed by atoms with Crippen LogP contribution >= 0.6 is 0 Å². The summed E-state index contributed by atoms with van der Waals surface area (Å²) in [7, 11) is 0. The second-order valence-corrected chi connectivity index (χ2v) is 3.43. The SMILES string of the molecule is CCC(C)[C@H](N)COC(C)C. The molecule has 0 amide bonds. The minimum absolute atomic E-state index is 0.197. The summed E-state index contributed by atoms with van der Waals surface area (Å²) in [5.41, 5.74) is 5.85. The molecule has 0 rings (SSSR count). The van der Waals surface area contributed by atoms with Crippen LogP contribution in [0.4, 0.5) is 0 Å². The molecule has 2 N–H and O–H groups in total. The third-order valence-corrected chi connectivity index (χ3v) is 2.00. The van der Waals surface area contributed by atoms with Crippen molar-refractivity contribution in [3.05, 3.63) is 0 Å². The van der Waals surface area contributed by atoms with Crippen LogP contribution in [0.1, 0.15) is 34.1 Å². The van der Waals surface area contributed by atoms with Gasteiger partial charge in [-0.05, 0) is 19.8 Å². The van der Waals surface area contributed by atoms with Gasteiger partial charge in [-0.3, -0.25) is 0 Å². The van der Waals surface area contributed by atoms with Crippen LogP contribution in [0.2, 0.25) is 0 Å². The molecule has 2 atom stereocenters. The van der Waals surface area contributed by atoms with Gasteiger partial charge in [-0.25, -0.2) is 0 Å². The third kappa shape index (κ3) is 5.22. The lowest BCUT2D eigenvalue weighted by molar-refractivity contribution is 0.0584. The molecular formula is C9H21NO. The van der Waals surface area contributed by atoms with Crippen LogP contribution in [0.15, 0.2) is 0 Å². The summed E-state index contributed by atoms with van der Waals surface area (Å²) in [6.45, 7) is 9.06. The first-order valence-corrected chi connectivity index (χ1v) is 4.45. The molecule has 0 saturated heterocycles. The molecule has 68 valence electrons. The zero-order chi connectivity index (χ0) is 8.85. The van der Waals surface area contributed by atoms with Gasteiger partial charge in [0.2, 0.25) is 0 Å². The summed E-state index contributed by atoms with van der Waals surface area (Å²) in [6, 6.07) is 0.197. The summed E-state index contributed by atoms with van der Waals surface area (Å²) in [6.07, 6.45) is 1.42. The Balaban J connectivity index is 3.43. The van der Waals surface area contributed by atoms with E-state index in [1.807, 2.05) is 13.8 Å². The summed E-state index contributed by atoms with van der Waals surface area (Å²) in [4.78, 5) is 0. The lowest BCUT2D eigenvalue weighted by Crippen LogP contribution is -2.33. The highest BCUT2D eigenvalue weighted by molar-refractivity contribution is 4.66. The monoisotopic (exact) mass is 159 g/mol. The number of rotatable bonds is 5. The molecule has 0 aliphatic carbocycles. The molecule has 2 nitrogen and oxygen atoms in total. The van der Waals surface area contributed by atoms with Crippen LogP contribution in [0.3, 0.4) is 0 Å². The van der Waals surface area contributed by atoms with Crippen LogP contribution in [0, 0.1) is 5.92 Å². The summed E-state index contributed by atoms with van der Waals surface area (Å²) < 4.78 is 5.40. The van der Waals surface area contributed by atoms with Gasteiger partial charge in [-0.15, -0.1) is 0 Å². The van der Waals surface area contributed by atoms with Crippen molar-refractivity contribution in [3.63, 3.8) is 0 Å². The first-order valence-electron chi connectivity index (χ1n) is 4.45. The maximum Gasteiger partial charge on any atom is 0.0623 e. The molecule has 0 heterocycles. The van der Waals surface area contributed by atoms with Crippen molar-refractivity contribution in [2.45, 2.75) is 46.3 Å². The van der Waals surface area contributed by atoms with E-state index < -0.39 is 0 Å². The molecular weight excluding hydrogens is 138 g/mol. The van der Waals surface area contributed by atoms with Crippen LogP contribution in [0.25, 0.3) is 0 Å². The van der Waals surface area contributed by atoms with Crippen molar-refractivity contribution in [1.82, 2.24) is 0 Å². The van der Waals surface area contributed by atoms with E-state index in [4.69, 9.17) is 10.5 Å². The predicted molar refractivity (Wildman–Crippen MR) is 48.5 cm³/mol. The minimum Gasteiger partial charge on any atom is -0.377 e. The topological polar surface area (TPSA) is 35.2 Å². The maximum atomic E-state index is 5.85. The van der Waals surface area contributed by atoms with E-state index in [0.717, 1.165) is 6.42 Å². The van der Waals surface area contributed by atoms with Gasteiger partial charge in [0.05, 0.1) is 12.7 Å². The van der Waals surface area contributed by atoms with Crippen LogP contribution in [0.5, 0.6) is 0 Å². The van der Waals surface area contributed by atoms with Crippen LogP contribution in [-0.4, -0.2) is 18.8 Å². The van der Waals surface area contributed by atoms with Gasteiger partial charge in [0.1, 0.15) is 0 Å². The summed E-state index contributed by atoms with van der Waals surface area (Å²) >= 11 is 0. The Labute approximate surface area is 70.1 Å². The highest BCUT2D eigenvalue weighted by Gasteiger charge is 2.10. The maximum absolute atomic E-state index is 5.85. The fourth-order valence-corrected chi connectivity index (χ4v) is 0.771. The highest BCUT2D eigenvalue weighted by Crippen LogP contribution is 2.05. The summed E-state index contributed by atoms with van der Waals surface area (Å²) in [5.74, 6) is 0.564. The molecule has 0 spiro atoms. The fourth-order valence-electron chi connectivity index (χ4n) is 0.771.